The fraction of sp³-hybridized carbons (Fsp3) is 0.350. The summed E-state index contributed by atoms with van der Waals surface area (Å²) in [6.07, 6.45) is 3.79. The maximum absolute atomic E-state index is 12.8. The van der Waals surface area contributed by atoms with Gasteiger partial charge in [0.15, 0.2) is 0 Å². The highest BCUT2D eigenvalue weighted by atomic mass is 32.2. The lowest BCUT2D eigenvalue weighted by atomic mass is 10.0. The molecule has 26 heavy (non-hydrogen) atoms. The molecule has 1 amide bonds. The van der Waals surface area contributed by atoms with Gasteiger partial charge in [0.1, 0.15) is 11.8 Å². The quantitative estimate of drug-likeness (QED) is 0.814. The summed E-state index contributed by atoms with van der Waals surface area (Å²) < 4.78 is 0. The summed E-state index contributed by atoms with van der Waals surface area (Å²) >= 11 is 1.86. The second-order valence-corrected chi connectivity index (χ2v) is 7.24. The Balaban J connectivity index is 1.68. The van der Waals surface area contributed by atoms with Crippen LogP contribution in [0.5, 0.6) is 0 Å². The van der Waals surface area contributed by atoms with E-state index in [0.717, 1.165) is 49.6 Å². The minimum absolute atomic E-state index is 0.0815. The molecule has 0 radical (unpaired) electrons. The Morgan fingerprint density at radius 3 is 2.65 bits per heavy atom. The molecule has 2 heterocycles. The maximum atomic E-state index is 12.8. The molecule has 3 rings (SSSR count). The smallest absolute Gasteiger partial charge is 0.253 e. The number of carbonyl (C=O) groups is 1. The Bertz CT molecular complexity index is 792. The van der Waals surface area contributed by atoms with Crippen molar-refractivity contribution in [1.82, 2.24) is 14.8 Å². The number of nitriles is 1. The Hall–Kier alpha value is -2.36. The lowest BCUT2D eigenvalue weighted by molar-refractivity contribution is 0.0644. The molecule has 1 aromatic heterocycles. The highest BCUT2D eigenvalue weighted by Crippen LogP contribution is 2.21. The molecular weight excluding hydrogens is 344 g/mol. The van der Waals surface area contributed by atoms with Gasteiger partial charge in [-0.25, -0.2) is 4.98 Å². The number of thioether (sulfide) groups is 1. The molecule has 1 saturated heterocycles. The molecule has 1 aliphatic heterocycles. The maximum Gasteiger partial charge on any atom is 0.253 e. The zero-order valence-electron chi connectivity index (χ0n) is 14.9. The zero-order chi connectivity index (χ0) is 18.4. The van der Waals surface area contributed by atoms with E-state index in [2.05, 4.69) is 16.1 Å². The molecule has 0 atom stereocenters. The summed E-state index contributed by atoms with van der Waals surface area (Å²) in [5, 5.41) is 8.86. The Kier molecular flexibility index (Phi) is 6.26. The van der Waals surface area contributed by atoms with Crippen molar-refractivity contribution in [3.05, 3.63) is 53.9 Å². The molecule has 0 saturated carbocycles. The Morgan fingerprint density at radius 2 is 2.00 bits per heavy atom. The van der Waals surface area contributed by atoms with Crippen molar-refractivity contribution in [3.8, 4) is 17.2 Å². The van der Waals surface area contributed by atoms with Gasteiger partial charge in [-0.15, -0.1) is 0 Å². The number of benzene rings is 1. The fourth-order valence-electron chi connectivity index (χ4n) is 3.04. The SMILES string of the molecule is CSCCN1CCN(C(=O)c2cccc(-c3ccc(C#N)nc3)c2)CC1. The van der Waals surface area contributed by atoms with Gasteiger partial charge in [-0.3, -0.25) is 9.69 Å². The first kappa shape index (κ1) is 18.4. The largest absolute Gasteiger partial charge is 0.336 e. The second kappa shape index (κ2) is 8.84. The lowest BCUT2D eigenvalue weighted by Crippen LogP contribution is -2.49. The molecule has 1 fully saturated rings. The van der Waals surface area contributed by atoms with E-state index in [-0.39, 0.29) is 5.91 Å². The zero-order valence-corrected chi connectivity index (χ0v) is 15.7. The molecule has 6 heteroatoms. The van der Waals surface area contributed by atoms with Gasteiger partial charge in [0, 0.05) is 55.8 Å². The van der Waals surface area contributed by atoms with E-state index in [1.54, 1.807) is 12.3 Å². The van der Waals surface area contributed by atoms with Gasteiger partial charge in [-0.2, -0.15) is 17.0 Å². The van der Waals surface area contributed by atoms with E-state index < -0.39 is 0 Å². The topological polar surface area (TPSA) is 60.2 Å². The van der Waals surface area contributed by atoms with Gasteiger partial charge in [0.25, 0.3) is 5.91 Å². The summed E-state index contributed by atoms with van der Waals surface area (Å²) in [6.45, 7) is 4.51. The molecule has 0 bridgehead atoms. The third-order valence-corrected chi connectivity index (χ3v) is 5.18. The monoisotopic (exact) mass is 366 g/mol. The van der Waals surface area contributed by atoms with Gasteiger partial charge in [-0.1, -0.05) is 12.1 Å². The van der Waals surface area contributed by atoms with Crippen LogP contribution in [-0.4, -0.2) is 65.4 Å². The molecular formula is C20H22N4OS. The van der Waals surface area contributed by atoms with E-state index in [1.165, 1.54) is 0 Å². The van der Waals surface area contributed by atoms with E-state index in [1.807, 2.05) is 53.1 Å². The van der Waals surface area contributed by atoms with Crippen molar-refractivity contribution in [3.63, 3.8) is 0 Å². The van der Waals surface area contributed by atoms with Crippen LogP contribution >= 0.6 is 11.8 Å². The molecule has 0 N–H and O–H groups in total. The molecule has 1 aromatic carbocycles. The number of pyridine rings is 1. The van der Waals surface area contributed by atoms with E-state index in [0.29, 0.717) is 11.3 Å². The second-order valence-electron chi connectivity index (χ2n) is 6.25. The number of aromatic nitrogens is 1. The molecule has 1 aliphatic rings. The third kappa shape index (κ3) is 4.43. The van der Waals surface area contributed by atoms with Crippen LogP contribution in [0.2, 0.25) is 0 Å². The summed E-state index contributed by atoms with van der Waals surface area (Å²) in [5.41, 5.74) is 2.93. The number of rotatable bonds is 5. The van der Waals surface area contributed by atoms with Gasteiger partial charge in [0.2, 0.25) is 0 Å². The predicted octanol–water partition coefficient (Wildman–Crippen LogP) is 2.74. The average Bonchev–Trinajstić information content (AvgIpc) is 2.72. The highest BCUT2D eigenvalue weighted by molar-refractivity contribution is 7.98. The van der Waals surface area contributed by atoms with Crippen LogP contribution in [0.25, 0.3) is 11.1 Å². The summed E-state index contributed by atoms with van der Waals surface area (Å²) in [5.74, 6) is 1.22. The van der Waals surface area contributed by atoms with Gasteiger partial charge in [0.05, 0.1) is 0 Å². The fourth-order valence-corrected chi connectivity index (χ4v) is 3.48. The van der Waals surface area contributed by atoms with Crippen LogP contribution in [0, 0.1) is 11.3 Å². The number of hydrogen-bond acceptors (Lipinski definition) is 5. The standard InChI is InChI=1S/C20H22N4OS/c1-26-12-11-23-7-9-24(10-8-23)20(25)17-4-2-3-16(13-17)18-5-6-19(14-21)22-15-18/h2-6,13,15H,7-12H2,1H3. The number of piperazine rings is 1. The first-order valence-corrected chi connectivity index (χ1v) is 10.1. The Labute approximate surface area is 158 Å². The van der Waals surface area contributed by atoms with Crippen LogP contribution in [0.15, 0.2) is 42.6 Å². The first-order chi connectivity index (χ1) is 12.7. The van der Waals surface area contributed by atoms with Crippen molar-refractivity contribution in [2.45, 2.75) is 0 Å². The first-order valence-electron chi connectivity index (χ1n) is 8.68. The molecule has 5 nitrogen and oxygen atoms in total. The molecule has 0 unspecified atom stereocenters. The van der Waals surface area contributed by atoms with Crippen LogP contribution < -0.4 is 0 Å². The van der Waals surface area contributed by atoms with Crippen molar-refractivity contribution in [2.24, 2.45) is 0 Å². The molecule has 0 spiro atoms. The molecule has 2 aromatic rings. The van der Waals surface area contributed by atoms with Crippen molar-refractivity contribution >= 4 is 17.7 Å². The van der Waals surface area contributed by atoms with E-state index >= 15 is 0 Å². The van der Waals surface area contributed by atoms with Crippen molar-refractivity contribution in [2.75, 3.05) is 44.7 Å². The third-order valence-electron chi connectivity index (χ3n) is 4.59. The summed E-state index contributed by atoms with van der Waals surface area (Å²) in [6, 6.07) is 13.2. The summed E-state index contributed by atoms with van der Waals surface area (Å²) in [4.78, 5) is 21.3. The van der Waals surface area contributed by atoms with Crippen LogP contribution in [0.4, 0.5) is 0 Å². The predicted molar refractivity (Wildman–Crippen MR) is 105 cm³/mol. The Morgan fingerprint density at radius 1 is 1.19 bits per heavy atom. The lowest BCUT2D eigenvalue weighted by Gasteiger charge is -2.34. The number of amides is 1. The van der Waals surface area contributed by atoms with Crippen LogP contribution in [-0.2, 0) is 0 Å². The summed E-state index contributed by atoms with van der Waals surface area (Å²) in [7, 11) is 0. The molecule has 134 valence electrons. The van der Waals surface area contributed by atoms with Crippen LogP contribution in [0.1, 0.15) is 16.1 Å². The number of carbonyl (C=O) groups excluding carboxylic acids is 1. The van der Waals surface area contributed by atoms with Crippen molar-refractivity contribution < 1.29 is 4.79 Å². The highest BCUT2D eigenvalue weighted by Gasteiger charge is 2.22. The number of nitrogens with zero attached hydrogens (tertiary/aromatic N) is 4. The van der Waals surface area contributed by atoms with Crippen LogP contribution in [0.3, 0.4) is 0 Å². The van der Waals surface area contributed by atoms with E-state index in [4.69, 9.17) is 5.26 Å². The minimum Gasteiger partial charge on any atom is -0.336 e. The van der Waals surface area contributed by atoms with Crippen molar-refractivity contribution in [1.29, 1.82) is 5.26 Å². The average molecular weight is 366 g/mol. The van der Waals surface area contributed by atoms with Gasteiger partial charge in [-0.05, 0) is 36.1 Å². The normalized spacial score (nSPS) is 14.8. The minimum atomic E-state index is 0.0815. The van der Waals surface area contributed by atoms with Gasteiger partial charge < -0.3 is 4.90 Å². The van der Waals surface area contributed by atoms with Gasteiger partial charge >= 0.3 is 0 Å². The molecule has 0 aliphatic carbocycles. The number of hydrogen-bond donors (Lipinski definition) is 0. The van der Waals surface area contributed by atoms with E-state index in [9.17, 15) is 4.79 Å².